The lowest BCUT2D eigenvalue weighted by Crippen LogP contribution is -2.42. The van der Waals surface area contributed by atoms with E-state index in [0.29, 0.717) is 12.6 Å². The number of guanidine groups is 1. The Hall–Kier alpha value is -1.54. The molecule has 6 heteroatoms. The number of rotatable bonds is 3. The van der Waals surface area contributed by atoms with Gasteiger partial charge in [-0.3, -0.25) is 9.89 Å². The van der Waals surface area contributed by atoms with E-state index in [4.69, 9.17) is 4.42 Å². The molecule has 2 aliphatic heterocycles. The van der Waals surface area contributed by atoms with Crippen LogP contribution in [0.3, 0.4) is 0 Å². The summed E-state index contributed by atoms with van der Waals surface area (Å²) in [5.74, 6) is 1.95. The number of nitrogens with zero attached hydrogens (tertiary/aromatic N) is 3. The zero-order valence-electron chi connectivity index (χ0n) is 15.4. The lowest BCUT2D eigenvalue weighted by Gasteiger charge is -2.25. The van der Waals surface area contributed by atoms with Crippen LogP contribution in [0.1, 0.15) is 17.7 Å². The molecule has 3 heterocycles. The molecule has 1 saturated heterocycles. The van der Waals surface area contributed by atoms with E-state index in [2.05, 4.69) is 51.3 Å². The van der Waals surface area contributed by atoms with Gasteiger partial charge in [0.2, 0.25) is 0 Å². The first-order valence-electron chi connectivity index (χ1n) is 9.08. The predicted molar refractivity (Wildman–Crippen MR) is 117 cm³/mol. The Labute approximate surface area is 172 Å². The van der Waals surface area contributed by atoms with Crippen LogP contribution >= 0.6 is 24.0 Å². The van der Waals surface area contributed by atoms with Crippen LogP contribution in [0.5, 0.6) is 0 Å². The molecule has 0 spiro atoms. The Kier molecular flexibility index (Phi) is 6.24. The van der Waals surface area contributed by atoms with Gasteiger partial charge in [0.05, 0.1) is 6.54 Å². The van der Waals surface area contributed by atoms with Crippen molar-refractivity contribution in [3.63, 3.8) is 0 Å². The van der Waals surface area contributed by atoms with E-state index in [-0.39, 0.29) is 24.0 Å². The highest BCUT2D eigenvalue weighted by Gasteiger charge is 2.29. The molecule has 26 heavy (non-hydrogen) atoms. The first-order chi connectivity index (χ1) is 12.3. The molecule has 5 nitrogen and oxygen atoms in total. The zero-order valence-corrected chi connectivity index (χ0v) is 17.8. The summed E-state index contributed by atoms with van der Waals surface area (Å²) in [5, 5.41) is 4.68. The van der Waals surface area contributed by atoms with Crippen LogP contribution in [0.4, 0.5) is 0 Å². The number of benzene rings is 1. The van der Waals surface area contributed by atoms with E-state index >= 15 is 0 Å². The van der Waals surface area contributed by atoms with Crippen LogP contribution in [-0.2, 0) is 6.54 Å². The first-order valence-corrected chi connectivity index (χ1v) is 9.08. The number of hydrogen-bond acceptors (Lipinski definition) is 3. The molecule has 0 radical (unpaired) electrons. The van der Waals surface area contributed by atoms with Crippen molar-refractivity contribution in [3.8, 4) is 0 Å². The predicted octanol–water partition coefficient (Wildman–Crippen LogP) is 3.38. The fourth-order valence-corrected chi connectivity index (χ4v) is 3.91. The van der Waals surface area contributed by atoms with Crippen LogP contribution in [-0.4, -0.2) is 55.0 Å². The summed E-state index contributed by atoms with van der Waals surface area (Å²) in [4.78, 5) is 9.39. The maximum atomic E-state index is 6.01. The Morgan fingerprint density at radius 3 is 2.77 bits per heavy atom. The number of furan rings is 1. The van der Waals surface area contributed by atoms with Gasteiger partial charge in [-0.1, -0.05) is 30.4 Å². The highest BCUT2D eigenvalue weighted by molar-refractivity contribution is 14.0. The number of likely N-dealkylation sites (tertiary alicyclic amines) is 1. The summed E-state index contributed by atoms with van der Waals surface area (Å²) in [6.07, 6.45) is 5.73. The topological polar surface area (TPSA) is 44.0 Å². The molecular weight excluding hydrogens is 439 g/mol. The molecule has 2 aromatic rings. The summed E-state index contributed by atoms with van der Waals surface area (Å²) in [5.41, 5.74) is 2.16. The largest absolute Gasteiger partial charge is 0.459 e. The van der Waals surface area contributed by atoms with Crippen LogP contribution in [0.2, 0.25) is 0 Å². The Balaban J connectivity index is 0.00000196. The van der Waals surface area contributed by atoms with Crippen molar-refractivity contribution >= 4 is 40.9 Å². The number of aliphatic imine (C=N–C) groups is 1. The van der Waals surface area contributed by atoms with Gasteiger partial charge in [-0.2, -0.15) is 0 Å². The SMILES string of the molecule is CN=C(NCc1oc2ccccc2c1C)N1CCC(N2CC=CC2)C1.I. The van der Waals surface area contributed by atoms with Crippen molar-refractivity contribution < 1.29 is 4.42 Å². The summed E-state index contributed by atoms with van der Waals surface area (Å²) >= 11 is 0. The Morgan fingerprint density at radius 2 is 2.04 bits per heavy atom. The fourth-order valence-electron chi connectivity index (χ4n) is 3.91. The summed E-state index contributed by atoms with van der Waals surface area (Å²) in [7, 11) is 1.86. The minimum absolute atomic E-state index is 0. The molecule has 0 amide bonds. The van der Waals surface area contributed by atoms with Crippen LogP contribution in [0.25, 0.3) is 11.0 Å². The molecule has 0 aliphatic carbocycles. The van der Waals surface area contributed by atoms with Gasteiger partial charge in [-0.15, -0.1) is 24.0 Å². The number of aryl methyl sites for hydroxylation is 1. The van der Waals surface area contributed by atoms with E-state index in [1.54, 1.807) is 0 Å². The molecule has 2 aliphatic rings. The smallest absolute Gasteiger partial charge is 0.194 e. The van der Waals surface area contributed by atoms with E-state index in [1.165, 1.54) is 17.4 Å². The third-order valence-corrected chi connectivity index (χ3v) is 5.39. The maximum absolute atomic E-state index is 6.01. The molecule has 1 fully saturated rings. The second-order valence-corrected chi connectivity index (χ2v) is 6.86. The van der Waals surface area contributed by atoms with Crippen molar-refractivity contribution in [3.05, 3.63) is 47.7 Å². The number of para-hydroxylation sites is 1. The van der Waals surface area contributed by atoms with Crippen LogP contribution < -0.4 is 5.32 Å². The Morgan fingerprint density at radius 1 is 1.27 bits per heavy atom. The molecule has 1 aromatic carbocycles. The van der Waals surface area contributed by atoms with Crippen LogP contribution in [0.15, 0.2) is 45.8 Å². The molecule has 1 atom stereocenters. The number of hydrogen-bond donors (Lipinski definition) is 1. The highest BCUT2D eigenvalue weighted by Crippen LogP contribution is 2.25. The van der Waals surface area contributed by atoms with Crippen molar-refractivity contribution in [2.45, 2.75) is 25.9 Å². The van der Waals surface area contributed by atoms with Crippen molar-refractivity contribution in [2.75, 3.05) is 33.2 Å². The van der Waals surface area contributed by atoms with Gasteiger partial charge in [0.25, 0.3) is 0 Å². The molecule has 140 valence electrons. The first kappa shape index (κ1) is 19.2. The highest BCUT2D eigenvalue weighted by atomic mass is 127. The molecular formula is C20H27IN4O. The molecule has 1 aromatic heterocycles. The second kappa shape index (κ2) is 8.43. The third kappa shape index (κ3) is 3.76. The standard InChI is InChI=1S/C20H26N4O.HI/c1-15-17-7-3-4-8-18(17)25-19(15)13-22-20(21-2)24-12-9-16(14-24)23-10-5-6-11-23;/h3-8,16H,9-14H2,1-2H3,(H,21,22);1H. The monoisotopic (exact) mass is 466 g/mol. The van der Waals surface area contributed by atoms with E-state index in [0.717, 1.165) is 43.5 Å². The normalized spacial score (nSPS) is 20.8. The number of halogens is 1. The van der Waals surface area contributed by atoms with Gasteiger partial charge in [-0.05, 0) is 19.4 Å². The minimum atomic E-state index is 0. The van der Waals surface area contributed by atoms with Crippen molar-refractivity contribution in [2.24, 2.45) is 4.99 Å². The third-order valence-electron chi connectivity index (χ3n) is 5.39. The lowest BCUT2D eigenvalue weighted by atomic mass is 10.1. The van der Waals surface area contributed by atoms with Gasteiger partial charge < -0.3 is 14.6 Å². The van der Waals surface area contributed by atoms with E-state index < -0.39 is 0 Å². The number of nitrogens with one attached hydrogen (secondary N) is 1. The summed E-state index contributed by atoms with van der Waals surface area (Å²) < 4.78 is 6.01. The second-order valence-electron chi connectivity index (χ2n) is 6.86. The minimum Gasteiger partial charge on any atom is -0.459 e. The Bertz CT molecular complexity index is 805. The van der Waals surface area contributed by atoms with Gasteiger partial charge in [0.15, 0.2) is 5.96 Å². The fraction of sp³-hybridized carbons (Fsp3) is 0.450. The lowest BCUT2D eigenvalue weighted by molar-refractivity contribution is 0.259. The van der Waals surface area contributed by atoms with Gasteiger partial charge in [0, 0.05) is 50.2 Å². The van der Waals surface area contributed by atoms with E-state index in [9.17, 15) is 0 Å². The van der Waals surface area contributed by atoms with Crippen molar-refractivity contribution in [1.82, 2.24) is 15.1 Å². The van der Waals surface area contributed by atoms with Gasteiger partial charge >= 0.3 is 0 Å². The molecule has 4 rings (SSSR count). The average Bonchev–Trinajstić information content (AvgIpc) is 3.36. The molecule has 1 unspecified atom stereocenters. The molecule has 0 bridgehead atoms. The van der Waals surface area contributed by atoms with E-state index in [1.807, 2.05) is 19.2 Å². The molecule has 1 N–H and O–H groups in total. The van der Waals surface area contributed by atoms with Gasteiger partial charge in [-0.25, -0.2) is 0 Å². The van der Waals surface area contributed by atoms with Gasteiger partial charge in [0.1, 0.15) is 11.3 Å². The number of fused-ring (bicyclic) bond motifs is 1. The summed E-state index contributed by atoms with van der Waals surface area (Å²) in [6, 6.07) is 8.83. The summed E-state index contributed by atoms with van der Waals surface area (Å²) in [6.45, 7) is 7.06. The quantitative estimate of drug-likeness (QED) is 0.326. The van der Waals surface area contributed by atoms with Crippen LogP contribution in [0, 0.1) is 6.92 Å². The van der Waals surface area contributed by atoms with Crippen molar-refractivity contribution in [1.29, 1.82) is 0 Å². The zero-order chi connectivity index (χ0) is 17.2. The maximum Gasteiger partial charge on any atom is 0.194 e. The average molecular weight is 466 g/mol. The molecule has 0 saturated carbocycles.